The third-order valence-electron chi connectivity index (χ3n) is 3.50. The van der Waals surface area contributed by atoms with Gasteiger partial charge in [-0.15, -0.1) is 0 Å². The fourth-order valence-electron chi connectivity index (χ4n) is 1.83. The van der Waals surface area contributed by atoms with Crippen LogP contribution in [0.4, 0.5) is 0 Å². The van der Waals surface area contributed by atoms with Crippen LogP contribution in [0.5, 0.6) is 0 Å². The molecule has 0 bridgehead atoms. The summed E-state index contributed by atoms with van der Waals surface area (Å²) in [4.78, 5) is 30.8. The predicted molar refractivity (Wildman–Crippen MR) is 84.1 cm³/mol. The zero-order chi connectivity index (χ0) is 17.1. The number of aromatic nitrogens is 1. The topological polar surface area (TPSA) is 73.7 Å². The van der Waals surface area contributed by atoms with E-state index in [0.29, 0.717) is 6.54 Å². The first-order chi connectivity index (χ1) is 10.1. The van der Waals surface area contributed by atoms with Crippen molar-refractivity contribution in [3.05, 3.63) is 29.6 Å². The highest BCUT2D eigenvalue weighted by Crippen LogP contribution is 2.21. The van der Waals surface area contributed by atoms with Crippen LogP contribution in [0.25, 0.3) is 0 Å². The van der Waals surface area contributed by atoms with Gasteiger partial charge in [-0.2, -0.15) is 0 Å². The van der Waals surface area contributed by atoms with Crippen molar-refractivity contribution in [2.24, 2.45) is 5.92 Å². The maximum Gasteiger partial charge on any atom is 0.272 e. The van der Waals surface area contributed by atoms with Gasteiger partial charge in [0.05, 0.1) is 5.69 Å². The lowest BCUT2D eigenvalue weighted by Gasteiger charge is -2.35. The predicted octanol–water partition coefficient (Wildman–Crippen LogP) is 0.559. The van der Waals surface area contributed by atoms with E-state index in [4.69, 9.17) is 7.85 Å². The van der Waals surface area contributed by atoms with Crippen LogP contribution in [0.3, 0.4) is 0 Å². The Morgan fingerprint density at radius 3 is 2.45 bits per heavy atom. The molecule has 1 atom stereocenters. The summed E-state index contributed by atoms with van der Waals surface area (Å²) in [5.41, 5.74) is -1.88. The molecule has 0 aliphatic heterocycles. The molecule has 6 nitrogen and oxygen atoms in total. The van der Waals surface area contributed by atoms with E-state index in [2.05, 4.69) is 4.98 Å². The van der Waals surface area contributed by atoms with Crippen LogP contribution in [0.15, 0.2) is 18.2 Å². The van der Waals surface area contributed by atoms with Gasteiger partial charge in [-0.05, 0) is 19.1 Å². The summed E-state index contributed by atoms with van der Waals surface area (Å²) in [6.45, 7) is 5.79. The fourth-order valence-corrected chi connectivity index (χ4v) is 1.83. The van der Waals surface area contributed by atoms with Crippen LogP contribution in [-0.4, -0.2) is 60.2 Å². The van der Waals surface area contributed by atoms with Crippen molar-refractivity contribution in [1.29, 1.82) is 0 Å². The second-order valence-corrected chi connectivity index (χ2v) is 5.51. The summed E-state index contributed by atoms with van der Waals surface area (Å²) < 4.78 is 0. The molecule has 1 N–H and O–H groups in total. The highest BCUT2D eigenvalue weighted by Gasteiger charge is 2.34. The third-order valence-corrected chi connectivity index (χ3v) is 3.50. The van der Waals surface area contributed by atoms with Crippen LogP contribution >= 0.6 is 0 Å². The Labute approximate surface area is 132 Å². The van der Waals surface area contributed by atoms with Crippen LogP contribution in [0.2, 0.25) is 0 Å². The molecule has 0 fully saturated rings. The standard InChI is InChI=1S/C15H22BN3O3/c1-6-18(4)14(21)11-8-7-9-12(17-11)15(16,22)19(5)13(20)10(2)3/h7-10,22H,6H2,1-5H3. The van der Waals surface area contributed by atoms with Gasteiger partial charge in [0.25, 0.3) is 5.91 Å². The summed E-state index contributed by atoms with van der Waals surface area (Å²) in [5, 5.41) is 10.5. The molecule has 0 aromatic carbocycles. The van der Waals surface area contributed by atoms with E-state index in [1.54, 1.807) is 33.0 Å². The Kier molecular flexibility index (Phi) is 5.71. The van der Waals surface area contributed by atoms with E-state index in [0.717, 1.165) is 4.90 Å². The maximum atomic E-state index is 12.1. The second kappa shape index (κ2) is 6.92. The van der Waals surface area contributed by atoms with Crippen molar-refractivity contribution in [2.75, 3.05) is 20.6 Å². The van der Waals surface area contributed by atoms with Gasteiger partial charge in [0.15, 0.2) is 7.85 Å². The lowest BCUT2D eigenvalue weighted by atomic mass is 9.85. The van der Waals surface area contributed by atoms with Crippen molar-refractivity contribution in [1.82, 2.24) is 14.8 Å². The molecule has 7 heteroatoms. The third kappa shape index (κ3) is 3.65. The molecule has 0 aliphatic rings. The minimum absolute atomic E-state index is 0.0411. The Morgan fingerprint density at radius 1 is 1.36 bits per heavy atom. The molecule has 1 unspecified atom stereocenters. The molecular weight excluding hydrogens is 281 g/mol. The van der Waals surface area contributed by atoms with Crippen molar-refractivity contribution in [2.45, 2.75) is 26.4 Å². The minimum atomic E-state index is -2.08. The summed E-state index contributed by atoms with van der Waals surface area (Å²) in [5.74, 6) is -0.927. The molecule has 1 aromatic heterocycles. The fraction of sp³-hybridized carbons (Fsp3) is 0.533. The first-order valence-electron chi connectivity index (χ1n) is 7.14. The summed E-state index contributed by atoms with van der Waals surface area (Å²) in [6.07, 6.45) is 0. The number of rotatable bonds is 5. The van der Waals surface area contributed by atoms with Crippen LogP contribution in [-0.2, 0) is 10.4 Å². The number of hydrogen-bond acceptors (Lipinski definition) is 4. The monoisotopic (exact) mass is 303 g/mol. The molecule has 0 saturated carbocycles. The SMILES string of the molecule is [B]C(O)(c1cccc(C(=O)N(C)CC)n1)N(C)C(=O)C(C)C. The number of amides is 2. The average Bonchev–Trinajstić information content (AvgIpc) is 2.51. The van der Waals surface area contributed by atoms with Crippen molar-refractivity contribution in [3.63, 3.8) is 0 Å². The van der Waals surface area contributed by atoms with Gasteiger partial charge in [0.2, 0.25) is 5.91 Å². The quantitative estimate of drug-likeness (QED) is 0.637. The maximum absolute atomic E-state index is 12.1. The van der Waals surface area contributed by atoms with Gasteiger partial charge >= 0.3 is 0 Å². The van der Waals surface area contributed by atoms with Crippen molar-refractivity contribution >= 4 is 19.7 Å². The van der Waals surface area contributed by atoms with Crippen LogP contribution in [0.1, 0.15) is 37.0 Å². The highest BCUT2D eigenvalue weighted by molar-refractivity contribution is 6.15. The molecule has 1 aromatic rings. The molecule has 0 aliphatic carbocycles. The Hall–Kier alpha value is -1.89. The molecule has 2 amide bonds. The van der Waals surface area contributed by atoms with Gasteiger partial charge in [-0.1, -0.05) is 19.9 Å². The highest BCUT2D eigenvalue weighted by atomic mass is 16.3. The molecule has 2 radical (unpaired) electrons. The number of nitrogens with zero attached hydrogens (tertiary/aromatic N) is 3. The van der Waals surface area contributed by atoms with Gasteiger partial charge < -0.3 is 14.9 Å². The summed E-state index contributed by atoms with van der Waals surface area (Å²) in [7, 11) is 8.92. The van der Waals surface area contributed by atoms with Gasteiger partial charge in [-0.25, -0.2) is 4.98 Å². The van der Waals surface area contributed by atoms with E-state index in [-0.39, 0.29) is 29.1 Å². The van der Waals surface area contributed by atoms with Crippen molar-refractivity contribution < 1.29 is 14.7 Å². The number of carbonyl (C=O) groups excluding carboxylic acids is 2. The zero-order valence-corrected chi connectivity index (χ0v) is 13.7. The summed E-state index contributed by atoms with van der Waals surface area (Å²) >= 11 is 0. The smallest absolute Gasteiger partial charge is 0.272 e. The molecule has 1 rings (SSSR count). The van der Waals surface area contributed by atoms with E-state index in [1.165, 1.54) is 18.0 Å². The Bertz CT molecular complexity index is 561. The molecule has 22 heavy (non-hydrogen) atoms. The lowest BCUT2D eigenvalue weighted by Crippen LogP contribution is -2.49. The molecule has 118 valence electrons. The van der Waals surface area contributed by atoms with E-state index >= 15 is 0 Å². The van der Waals surface area contributed by atoms with E-state index in [1.807, 2.05) is 6.92 Å². The Balaban J connectivity index is 3.16. The zero-order valence-electron chi connectivity index (χ0n) is 13.7. The van der Waals surface area contributed by atoms with Gasteiger partial charge in [-0.3, -0.25) is 9.59 Å². The lowest BCUT2D eigenvalue weighted by molar-refractivity contribution is -0.147. The van der Waals surface area contributed by atoms with E-state index in [9.17, 15) is 14.7 Å². The normalized spacial score (nSPS) is 13.6. The van der Waals surface area contributed by atoms with Crippen LogP contribution < -0.4 is 0 Å². The van der Waals surface area contributed by atoms with Crippen molar-refractivity contribution in [3.8, 4) is 0 Å². The average molecular weight is 303 g/mol. The molecule has 1 heterocycles. The molecule has 0 saturated heterocycles. The number of hydrogen-bond donors (Lipinski definition) is 1. The number of carbonyl (C=O) groups is 2. The molecular formula is C15H22BN3O3. The number of pyridine rings is 1. The first-order valence-corrected chi connectivity index (χ1v) is 7.14. The van der Waals surface area contributed by atoms with E-state index < -0.39 is 5.62 Å². The number of aliphatic hydroxyl groups is 1. The summed E-state index contributed by atoms with van der Waals surface area (Å²) in [6, 6.07) is 4.59. The van der Waals surface area contributed by atoms with Crippen LogP contribution in [0, 0.1) is 5.92 Å². The second-order valence-electron chi connectivity index (χ2n) is 5.51. The first kappa shape index (κ1) is 18.2. The largest absolute Gasteiger partial charge is 0.374 e. The minimum Gasteiger partial charge on any atom is -0.374 e. The Morgan fingerprint density at radius 2 is 1.95 bits per heavy atom. The van der Waals surface area contributed by atoms with Gasteiger partial charge in [0.1, 0.15) is 11.3 Å². The molecule has 0 spiro atoms. The van der Waals surface area contributed by atoms with Gasteiger partial charge in [0, 0.05) is 26.6 Å².